The Morgan fingerprint density at radius 1 is 1.38 bits per heavy atom. The predicted octanol–water partition coefficient (Wildman–Crippen LogP) is 1.99. The number of hydrogen-bond acceptors (Lipinski definition) is 3. The van der Waals surface area contributed by atoms with Crippen molar-refractivity contribution in [3.8, 4) is 0 Å². The molecule has 2 N–H and O–H groups in total. The van der Waals surface area contributed by atoms with E-state index in [0.717, 1.165) is 19.3 Å². The van der Waals surface area contributed by atoms with Gasteiger partial charge in [-0.25, -0.2) is 0 Å². The molecule has 7 heteroatoms. The van der Waals surface area contributed by atoms with E-state index in [0.29, 0.717) is 12.0 Å². The van der Waals surface area contributed by atoms with Crippen molar-refractivity contribution in [2.45, 2.75) is 63.3 Å². The van der Waals surface area contributed by atoms with Gasteiger partial charge in [-0.2, -0.15) is 13.2 Å². The highest BCUT2D eigenvalue weighted by atomic mass is 19.4. The number of amides is 1. The van der Waals surface area contributed by atoms with Gasteiger partial charge in [0.05, 0.1) is 12.6 Å². The van der Waals surface area contributed by atoms with Gasteiger partial charge < -0.3 is 15.4 Å². The van der Waals surface area contributed by atoms with Gasteiger partial charge >= 0.3 is 6.18 Å². The summed E-state index contributed by atoms with van der Waals surface area (Å²) in [6, 6.07) is -0.223. The lowest BCUT2D eigenvalue weighted by molar-refractivity contribution is -0.175. The van der Waals surface area contributed by atoms with Crippen molar-refractivity contribution >= 4 is 5.91 Å². The van der Waals surface area contributed by atoms with Crippen LogP contribution in [0.1, 0.15) is 39.0 Å². The van der Waals surface area contributed by atoms with Crippen LogP contribution in [0.25, 0.3) is 0 Å². The molecule has 0 aromatic heterocycles. The zero-order chi connectivity index (χ0) is 15.5. The van der Waals surface area contributed by atoms with Gasteiger partial charge in [0, 0.05) is 12.1 Å². The quantitative estimate of drug-likeness (QED) is 0.817. The molecule has 0 spiro atoms. The largest absolute Gasteiger partial charge is 0.411 e. The molecule has 0 aromatic rings. The number of rotatable bonds is 5. The van der Waals surface area contributed by atoms with Gasteiger partial charge in [0.15, 0.2) is 0 Å². The Labute approximate surface area is 122 Å². The molecule has 1 saturated carbocycles. The summed E-state index contributed by atoms with van der Waals surface area (Å²) in [7, 11) is 0. The maximum atomic E-state index is 12.1. The van der Waals surface area contributed by atoms with Crippen LogP contribution in [0, 0.1) is 5.92 Å². The summed E-state index contributed by atoms with van der Waals surface area (Å²) < 4.78 is 40.4. The van der Waals surface area contributed by atoms with E-state index in [4.69, 9.17) is 0 Å². The van der Waals surface area contributed by atoms with E-state index in [1.807, 2.05) is 0 Å². The van der Waals surface area contributed by atoms with Gasteiger partial charge in [-0.3, -0.25) is 4.79 Å². The van der Waals surface area contributed by atoms with Crippen LogP contribution in [0.2, 0.25) is 0 Å². The maximum absolute atomic E-state index is 12.1. The highest BCUT2D eigenvalue weighted by Crippen LogP contribution is 2.33. The van der Waals surface area contributed by atoms with E-state index in [1.54, 1.807) is 6.92 Å². The number of nitrogens with one attached hydrogen (secondary N) is 2. The summed E-state index contributed by atoms with van der Waals surface area (Å²) in [5, 5.41) is 6.07. The average Bonchev–Trinajstić information content (AvgIpc) is 2.80. The highest BCUT2D eigenvalue weighted by Gasteiger charge is 2.38. The van der Waals surface area contributed by atoms with Crippen LogP contribution >= 0.6 is 0 Å². The van der Waals surface area contributed by atoms with Crippen molar-refractivity contribution in [3.63, 3.8) is 0 Å². The lowest BCUT2D eigenvalue weighted by Crippen LogP contribution is -2.47. The summed E-state index contributed by atoms with van der Waals surface area (Å²) in [6.45, 7) is 0.236. The van der Waals surface area contributed by atoms with E-state index in [-0.39, 0.29) is 18.6 Å². The molecule has 1 aliphatic heterocycles. The fraction of sp³-hybridized carbons (Fsp3) is 0.929. The van der Waals surface area contributed by atoms with Crippen LogP contribution < -0.4 is 10.6 Å². The van der Waals surface area contributed by atoms with E-state index in [2.05, 4.69) is 15.4 Å². The third-order valence-corrected chi connectivity index (χ3v) is 4.20. The van der Waals surface area contributed by atoms with E-state index in [1.165, 1.54) is 12.8 Å². The van der Waals surface area contributed by atoms with Crippen LogP contribution in [0.15, 0.2) is 0 Å². The first-order valence-corrected chi connectivity index (χ1v) is 7.56. The number of fused-ring (bicyclic) bond motifs is 1. The second-order valence-electron chi connectivity index (χ2n) is 6.15. The zero-order valence-electron chi connectivity index (χ0n) is 12.2. The summed E-state index contributed by atoms with van der Waals surface area (Å²) in [6.07, 6.45) is 1.19. The minimum atomic E-state index is -4.33. The van der Waals surface area contributed by atoms with Gasteiger partial charge in [-0.1, -0.05) is 12.8 Å². The van der Waals surface area contributed by atoms with Crippen molar-refractivity contribution in [2.24, 2.45) is 5.92 Å². The molecule has 2 fully saturated rings. The molecule has 1 amide bonds. The molecule has 122 valence electrons. The van der Waals surface area contributed by atoms with E-state index >= 15 is 0 Å². The van der Waals surface area contributed by atoms with Crippen LogP contribution in [-0.4, -0.2) is 43.4 Å². The number of alkyl halides is 3. The number of carbonyl (C=O) groups is 1. The van der Waals surface area contributed by atoms with Crippen LogP contribution in [0.3, 0.4) is 0 Å². The Morgan fingerprint density at radius 2 is 2.10 bits per heavy atom. The number of ether oxygens (including phenoxy) is 1. The van der Waals surface area contributed by atoms with Gasteiger partial charge in [0.2, 0.25) is 5.91 Å². The lowest BCUT2D eigenvalue weighted by atomic mass is 9.85. The molecule has 4 atom stereocenters. The predicted molar refractivity (Wildman–Crippen MR) is 71.8 cm³/mol. The SMILES string of the molecule is CC(COCC(F)(F)F)NC(=O)C1CC2CCCCC2N1. The molecule has 0 bridgehead atoms. The molecule has 2 aliphatic rings. The van der Waals surface area contributed by atoms with E-state index < -0.39 is 18.8 Å². The third kappa shape index (κ3) is 5.14. The Hall–Kier alpha value is -0.820. The van der Waals surface area contributed by atoms with Crippen LogP contribution in [0.5, 0.6) is 0 Å². The zero-order valence-corrected chi connectivity index (χ0v) is 12.2. The Balaban J connectivity index is 1.69. The molecule has 0 aromatic carbocycles. The monoisotopic (exact) mass is 308 g/mol. The third-order valence-electron chi connectivity index (χ3n) is 4.20. The topological polar surface area (TPSA) is 50.4 Å². The van der Waals surface area contributed by atoms with Crippen molar-refractivity contribution < 1.29 is 22.7 Å². The number of halogens is 3. The maximum Gasteiger partial charge on any atom is 0.411 e. The first-order valence-electron chi connectivity index (χ1n) is 7.56. The van der Waals surface area contributed by atoms with Gasteiger partial charge in [0.1, 0.15) is 6.61 Å². The molecule has 4 nitrogen and oxygen atoms in total. The minimum absolute atomic E-state index is 0.132. The second kappa shape index (κ2) is 6.96. The molecule has 2 rings (SSSR count). The Bertz CT molecular complexity index is 349. The molecule has 1 saturated heterocycles. The lowest BCUT2D eigenvalue weighted by Gasteiger charge is -2.24. The molecule has 1 aliphatic carbocycles. The van der Waals surface area contributed by atoms with Crippen LogP contribution in [-0.2, 0) is 9.53 Å². The molecular weight excluding hydrogens is 285 g/mol. The van der Waals surface area contributed by atoms with Crippen molar-refractivity contribution in [3.05, 3.63) is 0 Å². The highest BCUT2D eigenvalue weighted by molar-refractivity contribution is 5.82. The summed E-state index contributed by atoms with van der Waals surface area (Å²) in [5.41, 5.74) is 0. The molecule has 0 radical (unpaired) electrons. The Morgan fingerprint density at radius 3 is 2.76 bits per heavy atom. The van der Waals surface area contributed by atoms with Crippen molar-refractivity contribution in [2.75, 3.05) is 13.2 Å². The molecule has 4 unspecified atom stereocenters. The Kier molecular flexibility index (Phi) is 5.48. The minimum Gasteiger partial charge on any atom is -0.370 e. The summed E-state index contributed by atoms with van der Waals surface area (Å²) in [4.78, 5) is 12.1. The second-order valence-corrected chi connectivity index (χ2v) is 6.15. The van der Waals surface area contributed by atoms with Gasteiger partial charge in [-0.15, -0.1) is 0 Å². The van der Waals surface area contributed by atoms with Crippen LogP contribution in [0.4, 0.5) is 13.2 Å². The fourth-order valence-electron chi connectivity index (χ4n) is 3.26. The molecule has 1 heterocycles. The first kappa shape index (κ1) is 16.5. The average molecular weight is 308 g/mol. The standard InChI is InChI=1S/C14H23F3N2O2/c1-9(7-21-8-14(15,16)17)18-13(20)12-6-10-4-2-3-5-11(10)19-12/h9-12,19H,2-8H2,1H3,(H,18,20). The number of hydrogen-bond donors (Lipinski definition) is 2. The van der Waals surface area contributed by atoms with Crippen molar-refractivity contribution in [1.29, 1.82) is 0 Å². The normalized spacial score (nSPS) is 30.8. The molecular formula is C14H23F3N2O2. The molecule has 21 heavy (non-hydrogen) atoms. The van der Waals surface area contributed by atoms with Gasteiger partial charge in [0.25, 0.3) is 0 Å². The smallest absolute Gasteiger partial charge is 0.370 e. The first-order chi connectivity index (χ1) is 9.85. The summed E-state index contributed by atoms with van der Waals surface area (Å²) in [5.74, 6) is 0.429. The van der Waals surface area contributed by atoms with Gasteiger partial charge in [-0.05, 0) is 32.1 Å². The number of carbonyl (C=O) groups excluding carboxylic acids is 1. The fourth-order valence-corrected chi connectivity index (χ4v) is 3.26. The van der Waals surface area contributed by atoms with Crippen molar-refractivity contribution in [1.82, 2.24) is 10.6 Å². The summed E-state index contributed by atoms with van der Waals surface area (Å²) >= 11 is 0. The van der Waals surface area contributed by atoms with E-state index in [9.17, 15) is 18.0 Å².